The first-order valence-corrected chi connectivity index (χ1v) is 13.3. The van der Waals surface area contributed by atoms with Gasteiger partial charge >= 0.3 is 0 Å². The molecule has 1 aliphatic rings. The monoisotopic (exact) mass is 508 g/mol. The number of thioether (sulfide) groups is 1. The molecular formula is C28H33FN4O2S. The Balaban J connectivity index is 2.00. The van der Waals surface area contributed by atoms with E-state index in [-0.39, 0.29) is 29.9 Å². The van der Waals surface area contributed by atoms with Crippen molar-refractivity contribution in [1.29, 1.82) is 0 Å². The molecule has 3 aromatic rings. The van der Waals surface area contributed by atoms with Crippen LogP contribution in [0.3, 0.4) is 0 Å². The van der Waals surface area contributed by atoms with Gasteiger partial charge in [-0.05, 0) is 31.5 Å². The summed E-state index contributed by atoms with van der Waals surface area (Å²) in [5.74, 6) is -0.129. The lowest BCUT2D eigenvalue weighted by Gasteiger charge is -2.24. The van der Waals surface area contributed by atoms with E-state index >= 15 is 4.39 Å². The van der Waals surface area contributed by atoms with Gasteiger partial charge in [0.2, 0.25) is 11.8 Å². The maximum absolute atomic E-state index is 15.1. The zero-order valence-electron chi connectivity index (χ0n) is 21.5. The van der Waals surface area contributed by atoms with E-state index < -0.39 is 10.7 Å². The lowest BCUT2D eigenvalue weighted by molar-refractivity contribution is -0.122. The summed E-state index contributed by atoms with van der Waals surface area (Å²) in [6.07, 6.45) is 0.797. The van der Waals surface area contributed by atoms with Crippen LogP contribution in [-0.4, -0.2) is 40.4 Å². The maximum atomic E-state index is 15.1. The normalized spacial score (nSPS) is 16.0. The highest BCUT2D eigenvalue weighted by molar-refractivity contribution is 8.00. The Kier molecular flexibility index (Phi) is 7.54. The number of nitrogens with one attached hydrogen (secondary N) is 1. The predicted octanol–water partition coefficient (Wildman–Crippen LogP) is 5.31. The summed E-state index contributed by atoms with van der Waals surface area (Å²) >= 11 is 1.38. The highest BCUT2D eigenvalue weighted by atomic mass is 32.2. The van der Waals surface area contributed by atoms with Crippen molar-refractivity contribution in [2.45, 2.75) is 51.7 Å². The fourth-order valence-electron chi connectivity index (χ4n) is 4.34. The second-order valence-corrected chi connectivity index (χ2v) is 11.2. The number of carbonyl (C=O) groups is 2. The molecule has 4 rings (SSSR count). The number of hydrogen-bond acceptors (Lipinski definition) is 4. The first-order chi connectivity index (χ1) is 17.1. The van der Waals surface area contributed by atoms with Crippen LogP contribution in [-0.2, 0) is 15.0 Å². The molecular weight excluding hydrogens is 475 g/mol. The average molecular weight is 509 g/mol. The molecule has 1 aliphatic heterocycles. The van der Waals surface area contributed by atoms with Crippen molar-refractivity contribution in [3.63, 3.8) is 0 Å². The van der Waals surface area contributed by atoms with Crippen LogP contribution in [0, 0.1) is 12.7 Å². The summed E-state index contributed by atoms with van der Waals surface area (Å²) in [6, 6.07) is 14.6. The molecule has 0 spiro atoms. The van der Waals surface area contributed by atoms with Crippen molar-refractivity contribution in [2.75, 3.05) is 23.7 Å². The molecule has 0 saturated heterocycles. The number of fused-ring (bicyclic) bond motifs is 1. The summed E-state index contributed by atoms with van der Waals surface area (Å²) < 4.78 is 16.9. The largest absolute Gasteiger partial charge is 0.355 e. The van der Waals surface area contributed by atoms with Gasteiger partial charge in [-0.2, -0.15) is 5.10 Å². The van der Waals surface area contributed by atoms with Gasteiger partial charge in [-0.25, -0.2) is 9.07 Å². The summed E-state index contributed by atoms with van der Waals surface area (Å²) in [5, 5.41) is 7.44. The van der Waals surface area contributed by atoms with Crippen LogP contribution in [0.25, 0.3) is 5.69 Å². The topological polar surface area (TPSA) is 67.2 Å². The molecule has 0 unspecified atom stereocenters. The number of benzene rings is 2. The zero-order chi connectivity index (χ0) is 26.0. The van der Waals surface area contributed by atoms with Crippen molar-refractivity contribution in [3.05, 3.63) is 76.7 Å². The molecule has 0 aliphatic carbocycles. The van der Waals surface area contributed by atoms with Crippen molar-refractivity contribution >= 4 is 29.4 Å². The maximum Gasteiger partial charge on any atom is 0.240 e. The van der Waals surface area contributed by atoms with E-state index in [9.17, 15) is 9.59 Å². The molecule has 1 aromatic heterocycles. The number of anilines is 1. The van der Waals surface area contributed by atoms with Gasteiger partial charge in [-0.15, -0.1) is 11.8 Å². The molecule has 0 radical (unpaired) electrons. The lowest BCUT2D eigenvalue weighted by Crippen LogP contribution is -2.42. The fraction of sp³-hybridized carbons (Fsp3) is 0.393. The minimum absolute atomic E-state index is 0.117. The van der Waals surface area contributed by atoms with Crippen LogP contribution >= 0.6 is 11.8 Å². The predicted molar refractivity (Wildman–Crippen MR) is 143 cm³/mol. The van der Waals surface area contributed by atoms with Gasteiger partial charge in [-0.3, -0.25) is 14.5 Å². The molecule has 2 aromatic carbocycles. The van der Waals surface area contributed by atoms with Gasteiger partial charge in [0.15, 0.2) is 0 Å². The average Bonchev–Trinajstić information content (AvgIpc) is 3.17. The number of rotatable bonds is 6. The number of halogens is 1. The number of carbonyl (C=O) groups excluding carboxylic acids is 2. The molecule has 0 bridgehead atoms. The SMILES string of the molecule is CCCNC(=O)CN1C(=O)CS[C@@H](c2ccccc2F)c2c(C(C)(C)C)nn(-c3ccc(C)cc3)c21. The molecule has 6 nitrogen and oxygen atoms in total. The number of hydrogen-bond donors (Lipinski definition) is 1. The number of amides is 2. The molecule has 0 saturated carbocycles. The third-order valence-corrected chi connectivity index (χ3v) is 7.38. The van der Waals surface area contributed by atoms with Gasteiger partial charge in [-0.1, -0.05) is 63.6 Å². The van der Waals surface area contributed by atoms with Crippen LogP contribution in [0.2, 0.25) is 0 Å². The molecule has 8 heteroatoms. The smallest absolute Gasteiger partial charge is 0.240 e. The second-order valence-electron chi connectivity index (χ2n) is 10.1. The van der Waals surface area contributed by atoms with Crippen LogP contribution in [0.4, 0.5) is 10.2 Å². The zero-order valence-corrected chi connectivity index (χ0v) is 22.3. The first kappa shape index (κ1) is 25.9. The Morgan fingerprint density at radius 3 is 2.50 bits per heavy atom. The van der Waals surface area contributed by atoms with Crippen LogP contribution in [0.5, 0.6) is 0 Å². The number of aryl methyl sites for hydroxylation is 1. The molecule has 36 heavy (non-hydrogen) atoms. The van der Waals surface area contributed by atoms with Crippen LogP contribution in [0.1, 0.15) is 61.7 Å². The molecule has 2 amide bonds. The van der Waals surface area contributed by atoms with E-state index in [1.165, 1.54) is 22.7 Å². The summed E-state index contributed by atoms with van der Waals surface area (Å²) in [5.41, 5.74) is 3.52. The van der Waals surface area contributed by atoms with Gasteiger partial charge in [0.25, 0.3) is 0 Å². The molecule has 0 fully saturated rings. The van der Waals surface area contributed by atoms with E-state index in [2.05, 4.69) is 26.1 Å². The summed E-state index contributed by atoms with van der Waals surface area (Å²) in [6.45, 7) is 10.6. The van der Waals surface area contributed by atoms with Gasteiger partial charge in [0.1, 0.15) is 18.2 Å². The molecule has 1 N–H and O–H groups in total. The molecule has 190 valence electrons. The number of nitrogens with zero attached hydrogens (tertiary/aromatic N) is 3. The van der Waals surface area contributed by atoms with Gasteiger partial charge in [0, 0.05) is 23.1 Å². The van der Waals surface area contributed by atoms with E-state index in [4.69, 9.17) is 5.10 Å². The standard InChI is InChI=1S/C28H33FN4O2S/c1-6-15-30-22(34)16-32-23(35)17-36-25(20-9-7-8-10-21(20)29)24-26(28(3,4)5)31-33(27(24)32)19-13-11-18(2)12-14-19/h7-14,25H,6,15-17H2,1-5H3,(H,30,34)/t25-/m0/s1. The Morgan fingerprint density at radius 2 is 1.86 bits per heavy atom. The van der Waals surface area contributed by atoms with E-state index in [1.54, 1.807) is 16.8 Å². The third-order valence-electron chi connectivity index (χ3n) is 6.14. The number of aromatic nitrogens is 2. The highest BCUT2D eigenvalue weighted by Gasteiger charge is 2.40. The third kappa shape index (κ3) is 5.19. The lowest BCUT2D eigenvalue weighted by atomic mass is 9.87. The van der Waals surface area contributed by atoms with Crippen molar-refractivity contribution < 1.29 is 14.0 Å². The Morgan fingerprint density at radius 1 is 1.17 bits per heavy atom. The second kappa shape index (κ2) is 10.5. The Hall–Kier alpha value is -3.13. The first-order valence-electron chi connectivity index (χ1n) is 12.2. The van der Waals surface area contributed by atoms with E-state index in [0.717, 1.165) is 28.9 Å². The van der Waals surface area contributed by atoms with Gasteiger partial charge in [0.05, 0.1) is 22.4 Å². The summed E-state index contributed by atoms with van der Waals surface area (Å²) in [7, 11) is 0. The van der Waals surface area contributed by atoms with Crippen LogP contribution < -0.4 is 10.2 Å². The molecule has 2 heterocycles. The highest BCUT2D eigenvalue weighted by Crippen LogP contribution is 2.48. The van der Waals surface area contributed by atoms with E-state index in [1.807, 2.05) is 44.2 Å². The van der Waals surface area contributed by atoms with Crippen LogP contribution in [0.15, 0.2) is 48.5 Å². The van der Waals surface area contributed by atoms with Gasteiger partial charge < -0.3 is 5.32 Å². The minimum Gasteiger partial charge on any atom is -0.355 e. The van der Waals surface area contributed by atoms with E-state index in [0.29, 0.717) is 17.9 Å². The van der Waals surface area contributed by atoms with Crippen molar-refractivity contribution in [2.24, 2.45) is 0 Å². The van der Waals surface area contributed by atoms with Crippen molar-refractivity contribution in [3.8, 4) is 5.69 Å². The minimum atomic E-state index is -0.456. The fourth-order valence-corrected chi connectivity index (χ4v) is 5.56. The summed E-state index contributed by atoms with van der Waals surface area (Å²) in [4.78, 5) is 27.9. The van der Waals surface area contributed by atoms with Crippen molar-refractivity contribution in [1.82, 2.24) is 15.1 Å². The Bertz CT molecular complexity index is 1260. The quantitative estimate of drug-likeness (QED) is 0.490. The Labute approximate surface area is 216 Å². The molecule has 1 atom stereocenters.